The summed E-state index contributed by atoms with van der Waals surface area (Å²) in [5.41, 5.74) is 0.263. The second kappa shape index (κ2) is 7.10. The number of hydrogen-bond acceptors (Lipinski definition) is 3. The number of ether oxygens (including phenoxy) is 1. The van der Waals surface area contributed by atoms with Crippen molar-refractivity contribution in [2.24, 2.45) is 0 Å². The van der Waals surface area contributed by atoms with Crippen LogP contribution in [0.3, 0.4) is 0 Å². The van der Waals surface area contributed by atoms with E-state index in [0.29, 0.717) is 25.9 Å². The number of nitrogens with zero attached hydrogens (tertiary/aromatic N) is 2. The van der Waals surface area contributed by atoms with Gasteiger partial charge in [0.25, 0.3) is 0 Å². The number of carboxylic acid groups (broad SMARTS) is 1. The molecule has 6 nitrogen and oxygen atoms in total. The van der Waals surface area contributed by atoms with Gasteiger partial charge in [0, 0.05) is 31.7 Å². The zero-order valence-corrected chi connectivity index (χ0v) is 11.7. The van der Waals surface area contributed by atoms with Gasteiger partial charge in [-0.15, -0.1) is 0 Å². The highest BCUT2D eigenvalue weighted by Gasteiger charge is 2.26. The highest BCUT2D eigenvalue weighted by atomic mass is 19.1. The number of carbonyl (C=O) groups is 2. The van der Waals surface area contributed by atoms with Gasteiger partial charge in [0.1, 0.15) is 5.69 Å². The number of likely N-dealkylation sites (tertiary alicyclic amines) is 1. The first-order valence-electron chi connectivity index (χ1n) is 7.01. The van der Waals surface area contributed by atoms with Crippen LogP contribution < -0.4 is 0 Å². The summed E-state index contributed by atoms with van der Waals surface area (Å²) in [5, 5.41) is 9.11. The number of carbonyl (C=O) groups excluding carboxylic acids is 1. The number of carboxylic acids is 1. The lowest BCUT2D eigenvalue weighted by Crippen LogP contribution is -2.39. The number of aromatic nitrogens is 1. The molecule has 1 N–H and O–H groups in total. The monoisotopic (exact) mass is 298 g/mol. The van der Waals surface area contributed by atoms with E-state index in [4.69, 9.17) is 9.84 Å². The minimum absolute atomic E-state index is 0.0704. The smallest absolute Gasteiger partial charge is 0.409 e. The van der Waals surface area contributed by atoms with Gasteiger partial charge in [0.05, 0.1) is 13.3 Å². The van der Waals surface area contributed by atoms with E-state index in [1.165, 1.54) is 0 Å². The molecule has 1 fully saturated rings. The molecule has 2 heterocycles. The van der Waals surface area contributed by atoms with E-state index >= 15 is 0 Å². The molecule has 0 saturated carbocycles. The molecular weight excluding hydrogens is 279 g/mol. The molecule has 1 amide bonds. The second-order valence-corrected chi connectivity index (χ2v) is 4.98. The maximum atomic E-state index is 11.9. The molecule has 1 aliphatic rings. The van der Waals surface area contributed by atoms with Crippen LogP contribution in [0.25, 0.3) is 0 Å². The Bertz CT molecular complexity index is 495. The summed E-state index contributed by atoms with van der Waals surface area (Å²) in [6.45, 7) is 0.615. The molecule has 1 aliphatic heterocycles. The maximum Gasteiger partial charge on any atom is 0.409 e. The average Bonchev–Trinajstić information content (AvgIpc) is 2.97. The number of rotatable bonds is 5. The normalized spacial score (nSPS) is 16.0. The van der Waals surface area contributed by atoms with Crippen LogP contribution >= 0.6 is 0 Å². The molecule has 0 spiro atoms. The van der Waals surface area contributed by atoms with Crippen LogP contribution in [-0.4, -0.2) is 53.0 Å². The second-order valence-electron chi connectivity index (χ2n) is 4.98. The summed E-state index contributed by atoms with van der Waals surface area (Å²) in [4.78, 5) is 24.4. The minimum Gasteiger partial charge on any atom is -0.477 e. The molecule has 2 rings (SSSR count). The van der Waals surface area contributed by atoms with Crippen molar-refractivity contribution in [2.75, 3.05) is 26.4 Å². The van der Waals surface area contributed by atoms with Gasteiger partial charge in [-0.1, -0.05) is 0 Å². The molecule has 1 saturated heterocycles. The molecule has 21 heavy (non-hydrogen) atoms. The van der Waals surface area contributed by atoms with Gasteiger partial charge in [0.2, 0.25) is 0 Å². The van der Waals surface area contributed by atoms with Gasteiger partial charge >= 0.3 is 12.1 Å². The van der Waals surface area contributed by atoms with E-state index in [-0.39, 0.29) is 24.8 Å². The first kappa shape index (κ1) is 15.3. The van der Waals surface area contributed by atoms with Gasteiger partial charge in [-0.2, -0.15) is 0 Å². The van der Waals surface area contributed by atoms with Gasteiger partial charge < -0.3 is 19.3 Å². The third kappa shape index (κ3) is 3.74. The first-order chi connectivity index (χ1) is 10.1. The largest absolute Gasteiger partial charge is 0.477 e. The van der Waals surface area contributed by atoms with E-state index in [1.54, 1.807) is 27.8 Å². The molecule has 0 bridgehead atoms. The molecule has 7 heteroatoms. The molecular formula is C14H19FN2O4. The van der Waals surface area contributed by atoms with Gasteiger partial charge in [-0.25, -0.2) is 9.59 Å². The molecule has 116 valence electrons. The summed E-state index contributed by atoms with van der Waals surface area (Å²) < 4.78 is 18.6. The van der Waals surface area contributed by atoms with Crippen molar-refractivity contribution in [3.63, 3.8) is 0 Å². The lowest BCUT2D eigenvalue weighted by Gasteiger charge is -2.32. The minimum atomic E-state index is -0.951. The van der Waals surface area contributed by atoms with Crippen molar-refractivity contribution in [3.8, 4) is 0 Å². The fourth-order valence-electron chi connectivity index (χ4n) is 2.53. The predicted molar refractivity (Wildman–Crippen MR) is 73.2 cm³/mol. The topological polar surface area (TPSA) is 71.8 Å². The summed E-state index contributed by atoms with van der Waals surface area (Å²) >= 11 is 0. The number of alkyl halides is 1. The number of amides is 1. The lowest BCUT2D eigenvalue weighted by molar-refractivity contribution is 0.0669. The Balaban J connectivity index is 1.87. The van der Waals surface area contributed by atoms with Crippen molar-refractivity contribution < 1.29 is 23.8 Å². The van der Waals surface area contributed by atoms with Crippen LogP contribution in [0.1, 0.15) is 35.8 Å². The molecule has 1 aromatic heterocycles. The first-order valence-corrected chi connectivity index (χ1v) is 7.01. The Kier molecular flexibility index (Phi) is 5.19. The maximum absolute atomic E-state index is 11.9. The van der Waals surface area contributed by atoms with Crippen molar-refractivity contribution in [3.05, 3.63) is 24.0 Å². The Hall–Kier alpha value is -2.05. The van der Waals surface area contributed by atoms with Crippen molar-refractivity contribution in [1.29, 1.82) is 0 Å². The molecule has 0 radical (unpaired) electrons. The number of piperidine rings is 1. The van der Waals surface area contributed by atoms with Crippen molar-refractivity contribution in [1.82, 2.24) is 9.47 Å². The summed E-state index contributed by atoms with van der Waals surface area (Å²) in [6.07, 6.45) is 2.89. The summed E-state index contributed by atoms with van der Waals surface area (Å²) in [7, 11) is 0. The van der Waals surface area contributed by atoms with Gasteiger partial charge in [-0.05, 0) is 25.0 Å². The van der Waals surface area contributed by atoms with Crippen LogP contribution in [0.4, 0.5) is 9.18 Å². The van der Waals surface area contributed by atoms with Crippen LogP contribution in [0.15, 0.2) is 18.3 Å². The van der Waals surface area contributed by atoms with E-state index < -0.39 is 18.7 Å². The van der Waals surface area contributed by atoms with Crippen molar-refractivity contribution >= 4 is 12.1 Å². The van der Waals surface area contributed by atoms with E-state index in [0.717, 1.165) is 0 Å². The van der Waals surface area contributed by atoms with Crippen LogP contribution in [0.5, 0.6) is 0 Å². The Morgan fingerprint density at radius 3 is 2.71 bits per heavy atom. The zero-order valence-electron chi connectivity index (χ0n) is 11.7. The Morgan fingerprint density at radius 1 is 1.38 bits per heavy atom. The van der Waals surface area contributed by atoms with E-state index in [9.17, 15) is 14.0 Å². The van der Waals surface area contributed by atoms with Crippen molar-refractivity contribution in [2.45, 2.75) is 25.3 Å². The summed E-state index contributed by atoms with van der Waals surface area (Å²) in [6, 6.07) is 3.35. The third-order valence-electron chi connectivity index (χ3n) is 3.62. The molecule has 1 aromatic rings. The zero-order chi connectivity index (χ0) is 15.2. The predicted octanol–water partition coefficient (Wildman–Crippen LogP) is 2.32. The quantitative estimate of drug-likeness (QED) is 0.847. The van der Waals surface area contributed by atoms with E-state index in [1.807, 2.05) is 0 Å². The van der Waals surface area contributed by atoms with E-state index in [2.05, 4.69) is 0 Å². The SMILES string of the molecule is O=C(O)c1cccn1C1CCN(C(=O)OCCCF)CC1. The number of aromatic carboxylic acids is 1. The molecule has 0 aromatic carbocycles. The highest BCUT2D eigenvalue weighted by molar-refractivity contribution is 5.85. The fourth-order valence-corrected chi connectivity index (χ4v) is 2.53. The average molecular weight is 298 g/mol. The number of hydrogen-bond donors (Lipinski definition) is 1. The van der Waals surface area contributed by atoms with Gasteiger partial charge in [-0.3, -0.25) is 4.39 Å². The molecule has 0 aliphatic carbocycles. The standard InChI is InChI=1S/C14H19FN2O4/c15-6-2-10-21-14(20)16-8-4-11(5-9-16)17-7-1-3-12(17)13(18)19/h1,3,7,11H,2,4-6,8-10H2,(H,18,19). The van der Waals surface area contributed by atoms with Crippen LogP contribution in [0.2, 0.25) is 0 Å². The van der Waals surface area contributed by atoms with Crippen LogP contribution in [0, 0.1) is 0 Å². The lowest BCUT2D eigenvalue weighted by atomic mass is 10.1. The molecule has 0 atom stereocenters. The Morgan fingerprint density at radius 2 is 2.10 bits per heavy atom. The molecule has 0 unspecified atom stereocenters. The third-order valence-corrected chi connectivity index (χ3v) is 3.62. The fraction of sp³-hybridized carbons (Fsp3) is 0.571. The van der Waals surface area contributed by atoms with Gasteiger partial charge in [0.15, 0.2) is 0 Å². The number of halogens is 1. The Labute approximate surface area is 122 Å². The van der Waals surface area contributed by atoms with Crippen LogP contribution in [-0.2, 0) is 4.74 Å². The highest BCUT2D eigenvalue weighted by Crippen LogP contribution is 2.25. The summed E-state index contributed by atoms with van der Waals surface area (Å²) in [5.74, 6) is -0.951.